The Kier molecular flexibility index (Phi) is 4.52. The van der Waals surface area contributed by atoms with Crippen molar-refractivity contribution >= 4 is 16.6 Å². The number of carbonyl (C=O) groups excluding carboxylic acids is 1. The van der Waals surface area contributed by atoms with Crippen LogP contribution in [0, 0.1) is 5.92 Å². The molecule has 0 fully saturated rings. The maximum Gasteiger partial charge on any atom is 0.142 e. The molecule has 0 radical (unpaired) electrons. The van der Waals surface area contributed by atoms with Crippen molar-refractivity contribution in [3.63, 3.8) is 0 Å². The van der Waals surface area contributed by atoms with Crippen LogP contribution >= 0.6 is 0 Å². The summed E-state index contributed by atoms with van der Waals surface area (Å²) in [5.41, 5.74) is 0. The van der Waals surface area contributed by atoms with Crippen molar-refractivity contribution in [1.29, 1.82) is 0 Å². The van der Waals surface area contributed by atoms with E-state index in [9.17, 15) is 9.00 Å². The first-order valence-corrected chi connectivity index (χ1v) is 4.85. The Morgan fingerprint density at radius 1 is 1.50 bits per heavy atom. The predicted molar refractivity (Wildman–Crippen MR) is 43.4 cm³/mol. The summed E-state index contributed by atoms with van der Waals surface area (Å²) >= 11 is 0. The van der Waals surface area contributed by atoms with Crippen LogP contribution in [0.1, 0.15) is 20.8 Å². The minimum absolute atomic E-state index is 0.0129. The van der Waals surface area contributed by atoms with E-state index in [-0.39, 0.29) is 11.5 Å². The Morgan fingerprint density at radius 3 is 2.30 bits per heavy atom. The maximum absolute atomic E-state index is 11.0. The summed E-state index contributed by atoms with van der Waals surface area (Å²) in [6, 6.07) is 0. The minimum atomic E-state index is -0.930. The Balaban J connectivity index is 3.54. The van der Waals surface area contributed by atoms with Gasteiger partial charge in [-0.15, -0.1) is 0 Å². The zero-order valence-corrected chi connectivity index (χ0v) is 7.53. The van der Waals surface area contributed by atoms with Crippen LogP contribution in [-0.2, 0) is 15.6 Å². The van der Waals surface area contributed by atoms with Gasteiger partial charge in [-0.1, -0.05) is 13.8 Å². The van der Waals surface area contributed by atoms with Gasteiger partial charge in [0.25, 0.3) is 0 Å². The predicted octanol–water partition coefficient (Wildman–Crippen LogP) is 0.980. The zero-order valence-electron chi connectivity index (χ0n) is 6.72. The molecule has 0 aromatic heterocycles. The molecular weight excluding hydrogens is 148 g/mol. The Labute approximate surface area is 64.5 Å². The molecule has 0 amide bonds. The lowest BCUT2D eigenvalue weighted by molar-refractivity contribution is -0.114. The molecule has 0 heterocycles. The van der Waals surface area contributed by atoms with Gasteiger partial charge in [0, 0.05) is 16.6 Å². The van der Waals surface area contributed by atoms with Crippen LogP contribution in [0.15, 0.2) is 0 Å². The van der Waals surface area contributed by atoms with E-state index in [0.29, 0.717) is 11.7 Å². The normalized spacial score (nSPS) is 13.6. The van der Waals surface area contributed by atoms with Crippen LogP contribution in [0.5, 0.6) is 0 Å². The van der Waals surface area contributed by atoms with Crippen molar-refractivity contribution in [2.24, 2.45) is 5.92 Å². The van der Waals surface area contributed by atoms with Crippen LogP contribution in [-0.4, -0.2) is 21.5 Å². The molecule has 1 atom stereocenters. The van der Waals surface area contributed by atoms with Crippen molar-refractivity contribution in [3.8, 4) is 0 Å². The summed E-state index contributed by atoms with van der Waals surface area (Å²) in [5, 5.41) is 0. The third-order valence-corrected chi connectivity index (χ3v) is 2.65. The molecule has 0 aliphatic carbocycles. The SMILES string of the molecule is CC(=O)CS(=O)CC(C)C. The fraction of sp³-hybridized carbons (Fsp3) is 0.857. The number of hydrogen-bond donors (Lipinski definition) is 0. The molecule has 0 saturated heterocycles. The van der Waals surface area contributed by atoms with Gasteiger partial charge >= 0.3 is 0 Å². The summed E-state index contributed by atoms with van der Waals surface area (Å²) in [6.45, 7) is 5.47. The lowest BCUT2D eigenvalue weighted by Crippen LogP contribution is -2.12. The molecule has 0 aromatic carbocycles. The molecule has 0 aliphatic rings. The van der Waals surface area contributed by atoms with E-state index in [4.69, 9.17) is 0 Å². The number of rotatable bonds is 4. The summed E-state index contributed by atoms with van der Waals surface area (Å²) in [5.74, 6) is 1.29. The molecule has 0 spiro atoms. The molecule has 0 rings (SSSR count). The van der Waals surface area contributed by atoms with E-state index < -0.39 is 10.8 Å². The Bertz CT molecular complexity index is 141. The van der Waals surface area contributed by atoms with E-state index in [0.717, 1.165) is 0 Å². The maximum atomic E-state index is 11.0. The van der Waals surface area contributed by atoms with Crippen LogP contribution in [0.4, 0.5) is 0 Å². The number of Topliss-reactive ketones (excluding diaryl/α,β-unsaturated/α-hetero) is 1. The van der Waals surface area contributed by atoms with E-state index >= 15 is 0 Å². The fourth-order valence-corrected chi connectivity index (χ4v) is 1.97. The first-order chi connectivity index (χ1) is 4.52. The van der Waals surface area contributed by atoms with Crippen molar-refractivity contribution in [1.82, 2.24) is 0 Å². The van der Waals surface area contributed by atoms with Crippen molar-refractivity contribution in [2.45, 2.75) is 20.8 Å². The standard InChI is InChI=1S/C7H14O2S/c1-6(2)4-10(9)5-7(3)8/h6H,4-5H2,1-3H3. The largest absolute Gasteiger partial charge is 0.299 e. The van der Waals surface area contributed by atoms with Gasteiger partial charge in [-0.25, -0.2) is 0 Å². The number of ketones is 1. The summed E-state index contributed by atoms with van der Waals surface area (Å²) < 4.78 is 11.0. The van der Waals surface area contributed by atoms with Gasteiger partial charge in [0.15, 0.2) is 0 Å². The molecule has 1 unspecified atom stereocenters. The second kappa shape index (κ2) is 4.61. The average molecular weight is 162 g/mol. The molecular formula is C7H14O2S. The first-order valence-electron chi connectivity index (χ1n) is 3.36. The van der Waals surface area contributed by atoms with Crippen molar-refractivity contribution in [3.05, 3.63) is 0 Å². The highest BCUT2D eigenvalue weighted by Crippen LogP contribution is 1.95. The van der Waals surface area contributed by atoms with Gasteiger partial charge in [-0.05, 0) is 12.8 Å². The zero-order chi connectivity index (χ0) is 8.15. The number of hydrogen-bond acceptors (Lipinski definition) is 2. The van der Waals surface area contributed by atoms with E-state index in [2.05, 4.69) is 0 Å². The summed E-state index contributed by atoms with van der Waals surface area (Å²) in [6.07, 6.45) is 0. The van der Waals surface area contributed by atoms with Gasteiger partial charge in [0.05, 0.1) is 5.75 Å². The first kappa shape index (κ1) is 9.82. The van der Waals surface area contributed by atoms with Crippen molar-refractivity contribution < 1.29 is 9.00 Å². The lowest BCUT2D eigenvalue weighted by Gasteiger charge is -2.01. The van der Waals surface area contributed by atoms with Gasteiger partial charge < -0.3 is 0 Å². The van der Waals surface area contributed by atoms with E-state index in [1.165, 1.54) is 6.92 Å². The second-order valence-electron chi connectivity index (χ2n) is 2.85. The molecule has 0 saturated carbocycles. The fourth-order valence-electron chi connectivity index (χ4n) is 0.657. The van der Waals surface area contributed by atoms with Crippen LogP contribution in [0.2, 0.25) is 0 Å². The molecule has 0 aliphatic heterocycles. The van der Waals surface area contributed by atoms with Gasteiger partial charge in [-0.2, -0.15) is 0 Å². The minimum Gasteiger partial charge on any atom is -0.299 e. The van der Waals surface area contributed by atoms with Gasteiger partial charge in [-0.3, -0.25) is 9.00 Å². The molecule has 0 bridgehead atoms. The molecule has 60 valence electrons. The Hall–Kier alpha value is -0.180. The molecule has 0 N–H and O–H groups in total. The van der Waals surface area contributed by atoms with E-state index in [1.54, 1.807) is 0 Å². The monoisotopic (exact) mass is 162 g/mol. The summed E-state index contributed by atoms with van der Waals surface area (Å²) in [7, 11) is -0.930. The quantitative estimate of drug-likeness (QED) is 0.617. The third-order valence-electron chi connectivity index (χ3n) is 0.883. The highest BCUT2D eigenvalue weighted by atomic mass is 32.2. The molecule has 10 heavy (non-hydrogen) atoms. The summed E-state index contributed by atoms with van der Waals surface area (Å²) in [4.78, 5) is 10.4. The van der Waals surface area contributed by atoms with Crippen LogP contribution in [0.3, 0.4) is 0 Å². The highest BCUT2D eigenvalue weighted by Gasteiger charge is 2.04. The van der Waals surface area contributed by atoms with Crippen molar-refractivity contribution in [2.75, 3.05) is 11.5 Å². The number of carbonyl (C=O) groups is 1. The van der Waals surface area contributed by atoms with Gasteiger partial charge in [0.1, 0.15) is 5.78 Å². The molecule has 0 aromatic rings. The topological polar surface area (TPSA) is 34.1 Å². The molecule has 2 nitrogen and oxygen atoms in total. The highest BCUT2D eigenvalue weighted by molar-refractivity contribution is 7.85. The van der Waals surface area contributed by atoms with Gasteiger partial charge in [0.2, 0.25) is 0 Å². The van der Waals surface area contributed by atoms with Crippen LogP contribution in [0.25, 0.3) is 0 Å². The smallest absolute Gasteiger partial charge is 0.142 e. The Morgan fingerprint density at radius 2 is 2.00 bits per heavy atom. The van der Waals surface area contributed by atoms with Crippen LogP contribution < -0.4 is 0 Å². The third kappa shape index (κ3) is 5.95. The molecule has 3 heteroatoms. The van der Waals surface area contributed by atoms with E-state index in [1.807, 2.05) is 13.8 Å². The average Bonchev–Trinajstić information content (AvgIpc) is 1.58. The lowest BCUT2D eigenvalue weighted by atomic mass is 10.3. The second-order valence-corrected chi connectivity index (χ2v) is 4.35.